The standard InChI is InChI=1S/C21H23FN4OS.HI/c1-23-21(24-12-16-8-9-18(22)10-17(16)14-28-2)25-13-19-11-20(27-26-19)15-6-4-3-5-7-15;/h3-11H,12-14H2,1-2H3,(H2,23,24,25);1H. The van der Waals surface area contributed by atoms with Gasteiger partial charge < -0.3 is 15.2 Å². The van der Waals surface area contributed by atoms with E-state index in [4.69, 9.17) is 4.52 Å². The van der Waals surface area contributed by atoms with E-state index in [2.05, 4.69) is 20.8 Å². The van der Waals surface area contributed by atoms with Gasteiger partial charge in [-0.1, -0.05) is 41.6 Å². The Bertz CT molecular complexity index is 933. The summed E-state index contributed by atoms with van der Waals surface area (Å²) in [6, 6.07) is 16.6. The van der Waals surface area contributed by atoms with Crippen molar-refractivity contribution in [1.82, 2.24) is 15.8 Å². The molecule has 2 aromatic carbocycles. The van der Waals surface area contributed by atoms with Gasteiger partial charge >= 0.3 is 0 Å². The monoisotopic (exact) mass is 526 g/mol. The predicted molar refractivity (Wildman–Crippen MR) is 128 cm³/mol. The van der Waals surface area contributed by atoms with E-state index >= 15 is 0 Å². The second-order valence-electron chi connectivity index (χ2n) is 6.17. The minimum atomic E-state index is -0.212. The molecule has 0 fully saturated rings. The summed E-state index contributed by atoms with van der Waals surface area (Å²) >= 11 is 1.67. The molecule has 0 spiro atoms. The highest BCUT2D eigenvalue weighted by molar-refractivity contribution is 14.0. The lowest BCUT2D eigenvalue weighted by molar-refractivity contribution is 0.422. The smallest absolute Gasteiger partial charge is 0.191 e. The number of nitrogens with zero attached hydrogens (tertiary/aromatic N) is 2. The number of thioether (sulfide) groups is 1. The molecule has 0 unspecified atom stereocenters. The van der Waals surface area contributed by atoms with Gasteiger partial charge in [-0.15, -0.1) is 24.0 Å². The highest BCUT2D eigenvalue weighted by atomic mass is 127. The highest BCUT2D eigenvalue weighted by Crippen LogP contribution is 2.19. The Morgan fingerprint density at radius 1 is 1.07 bits per heavy atom. The molecule has 0 amide bonds. The fourth-order valence-electron chi connectivity index (χ4n) is 2.76. The van der Waals surface area contributed by atoms with Gasteiger partial charge in [0.1, 0.15) is 11.5 Å². The average molecular weight is 526 g/mol. The van der Waals surface area contributed by atoms with Gasteiger partial charge in [0.05, 0.1) is 6.54 Å². The Kier molecular flexibility index (Phi) is 9.46. The highest BCUT2D eigenvalue weighted by Gasteiger charge is 2.08. The quantitative estimate of drug-likeness (QED) is 0.263. The second-order valence-corrected chi connectivity index (χ2v) is 7.04. The van der Waals surface area contributed by atoms with E-state index in [1.165, 1.54) is 6.07 Å². The molecule has 8 heteroatoms. The van der Waals surface area contributed by atoms with Gasteiger partial charge in [-0.3, -0.25) is 4.99 Å². The average Bonchev–Trinajstić information content (AvgIpc) is 3.19. The molecule has 0 saturated heterocycles. The van der Waals surface area contributed by atoms with E-state index in [1.807, 2.05) is 48.7 Å². The Labute approximate surface area is 191 Å². The lowest BCUT2D eigenvalue weighted by Gasteiger charge is -2.13. The molecular formula is C21H24FIN4OS. The van der Waals surface area contributed by atoms with Crippen LogP contribution in [0.15, 0.2) is 64.1 Å². The number of aliphatic imine (C=N–C) groups is 1. The summed E-state index contributed by atoms with van der Waals surface area (Å²) in [4.78, 5) is 4.23. The minimum absolute atomic E-state index is 0. The predicted octanol–water partition coefficient (Wildman–Crippen LogP) is 4.83. The molecule has 154 valence electrons. The van der Waals surface area contributed by atoms with Crippen LogP contribution in [0.4, 0.5) is 4.39 Å². The van der Waals surface area contributed by atoms with Crippen LogP contribution in [0.3, 0.4) is 0 Å². The molecule has 0 bridgehead atoms. The first-order valence-electron chi connectivity index (χ1n) is 8.91. The number of hydrogen-bond acceptors (Lipinski definition) is 4. The Morgan fingerprint density at radius 3 is 2.55 bits per heavy atom. The Balaban J connectivity index is 0.00000300. The number of guanidine groups is 1. The first-order valence-corrected chi connectivity index (χ1v) is 10.3. The summed E-state index contributed by atoms with van der Waals surface area (Å²) in [6.07, 6.45) is 2.00. The fourth-order valence-corrected chi connectivity index (χ4v) is 3.34. The van der Waals surface area contributed by atoms with E-state index in [1.54, 1.807) is 24.9 Å². The number of aromatic nitrogens is 1. The zero-order chi connectivity index (χ0) is 19.8. The third-order valence-corrected chi connectivity index (χ3v) is 4.79. The summed E-state index contributed by atoms with van der Waals surface area (Å²) in [5, 5.41) is 10.6. The number of benzene rings is 2. The molecule has 5 nitrogen and oxygen atoms in total. The van der Waals surface area contributed by atoms with Crippen LogP contribution >= 0.6 is 35.7 Å². The van der Waals surface area contributed by atoms with Crippen LogP contribution in [-0.2, 0) is 18.8 Å². The van der Waals surface area contributed by atoms with Crippen LogP contribution in [0.2, 0.25) is 0 Å². The summed E-state index contributed by atoms with van der Waals surface area (Å²) in [5.74, 6) is 1.93. The molecule has 1 heterocycles. The maximum Gasteiger partial charge on any atom is 0.191 e. The molecule has 3 aromatic rings. The zero-order valence-electron chi connectivity index (χ0n) is 16.3. The van der Waals surface area contributed by atoms with Crippen molar-refractivity contribution in [3.05, 3.63) is 77.2 Å². The van der Waals surface area contributed by atoms with Gasteiger partial charge in [-0.2, -0.15) is 11.8 Å². The van der Waals surface area contributed by atoms with Crippen molar-refractivity contribution in [2.45, 2.75) is 18.8 Å². The van der Waals surface area contributed by atoms with E-state index in [0.29, 0.717) is 19.0 Å². The van der Waals surface area contributed by atoms with Crippen molar-refractivity contribution < 1.29 is 8.91 Å². The summed E-state index contributed by atoms with van der Waals surface area (Å²) < 4.78 is 18.9. The van der Waals surface area contributed by atoms with Gasteiger partial charge in [0.15, 0.2) is 11.7 Å². The van der Waals surface area contributed by atoms with Crippen molar-refractivity contribution in [2.75, 3.05) is 13.3 Å². The van der Waals surface area contributed by atoms with E-state index < -0.39 is 0 Å². The van der Waals surface area contributed by atoms with Crippen molar-refractivity contribution in [1.29, 1.82) is 0 Å². The number of nitrogens with one attached hydrogen (secondary N) is 2. The van der Waals surface area contributed by atoms with Gasteiger partial charge in [-0.05, 0) is 29.5 Å². The molecule has 29 heavy (non-hydrogen) atoms. The molecule has 1 aromatic heterocycles. The summed E-state index contributed by atoms with van der Waals surface area (Å²) in [5.41, 5.74) is 3.80. The van der Waals surface area contributed by atoms with Crippen LogP contribution in [0.25, 0.3) is 11.3 Å². The molecule has 0 radical (unpaired) electrons. The van der Waals surface area contributed by atoms with Crippen LogP contribution in [0, 0.1) is 5.82 Å². The zero-order valence-corrected chi connectivity index (χ0v) is 19.5. The van der Waals surface area contributed by atoms with Crippen molar-refractivity contribution in [3.63, 3.8) is 0 Å². The van der Waals surface area contributed by atoms with E-state index in [9.17, 15) is 4.39 Å². The Hall–Kier alpha value is -2.07. The lowest BCUT2D eigenvalue weighted by atomic mass is 10.1. The van der Waals surface area contributed by atoms with Crippen molar-refractivity contribution in [3.8, 4) is 11.3 Å². The normalized spacial score (nSPS) is 11.1. The third-order valence-electron chi connectivity index (χ3n) is 4.19. The fraction of sp³-hybridized carbons (Fsp3) is 0.238. The molecule has 0 aliphatic heterocycles. The van der Waals surface area contributed by atoms with Gasteiger partial charge in [0.2, 0.25) is 0 Å². The molecule has 0 aliphatic carbocycles. The first kappa shape index (κ1) is 23.2. The molecule has 3 rings (SSSR count). The number of rotatable bonds is 7. The van der Waals surface area contributed by atoms with E-state index in [-0.39, 0.29) is 29.8 Å². The topological polar surface area (TPSA) is 62.5 Å². The molecule has 0 aliphatic rings. The van der Waals surface area contributed by atoms with Gasteiger partial charge in [0, 0.05) is 31.0 Å². The van der Waals surface area contributed by atoms with Crippen LogP contribution in [0.1, 0.15) is 16.8 Å². The number of halogens is 2. The first-order chi connectivity index (χ1) is 13.7. The van der Waals surface area contributed by atoms with Gasteiger partial charge in [-0.25, -0.2) is 4.39 Å². The second kappa shape index (κ2) is 11.8. The summed E-state index contributed by atoms with van der Waals surface area (Å²) in [7, 11) is 1.71. The van der Waals surface area contributed by atoms with Crippen molar-refractivity contribution in [2.24, 2.45) is 4.99 Å². The maximum absolute atomic E-state index is 13.5. The van der Waals surface area contributed by atoms with Crippen LogP contribution < -0.4 is 10.6 Å². The van der Waals surface area contributed by atoms with Crippen LogP contribution in [0.5, 0.6) is 0 Å². The van der Waals surface area contributed by atoms with Gasteiger partial charge in [0.25, 0.3) is 0 Å². The Morgan fingerprint density at radius 2 is 1.83 bits per heavy atom. The molecule has 2 N–H and O–H groups in total. The number of hydrogen-bond donors (Lipinski definition) is 2. The minimum Gasteiger partial charge on any atom is -0.356 e. The SMILES string of the molecule is CN=C(NCc1cc(-c2ccccc2)on1)NCc1ccc(F)cc1CSC.I. The lowest BCUT2D eigenvalue weighted by Crippen LogP contribution is -2.36. The van der Waals surface area contributed by atoms with E-state index in [0.717, 1.165) is 33.9 Å². The van der Waals surface area contributed by atoms with Crippen LogP contribution in [-0.4, -0.2) is 24.4 Å². The molecular weight excluding hydrogens is 502 g/mol. The largest absolute Gasteiger partial charge is 0.356 e. The summed E-state index contributed by atoms with van der Waals surface area (Å²) in [6.45, 7) is 1.04. The third kappa shape index (κ3) is 6.74. The molecule has 0 saturated carbocycles. The maximum atomic E-state index is 13.5. The molecule has 0 atom stereocenters. The van der Waals surface area contributed by atoms with Crippen molar-refractivity contribution >= 4 is 41.7 Å².